The Bertz CT molecular complexity index is 1630. The number of aromatic nitrogens is 1. The molecule has 4 heterocycles. The van der Waals surface area contributed by atoms with Gasteiger partial charge in [0, 0.05) is 30.4 Å². The van der Waals surface area contributed by atoms with E-state index >= 15 is 4.39 Å². The van der Waals surface area contributed by atoms with Gasteiger partial charge in [-0.05, 0) is 67.6 Å². The fourth-order valence-electron chi connectivity index (χ4n) is 6.03. The third kappa shape index (κ3) is 5.18. The summed E-state index contributed by atoms with van der Waals surface area (Å²) in [5.74, 6) is -1.71. The highest BCUT2D eigenvalue weighted by Gasteiger charge is 2.49. The van der Waals surface area contributed by atoms with Crippen molar-refractivity contribution in [3.63, 3.8) is 0 Å². The van der Waals surface area contributed by atoms with Crippen LogP contribution in [0.5, 0.6) is 0 Å². The second-order valence-electron chi connectivity index (χ2n) is 10.8. The molecule has 4 N–H and O–H groups in total. The van der Waals surface area contributed by atoms with Crippen LogP contribution in [-0.4, -0.2) is 40.9 Å². The molecular weight excluding hydrogens is 561 g/mol. The lowest BCUT2D eigenvalue weighted by atomic mass is 9.82. The summed E-state index contributed by atoms with van der Waals surface area (Å²) >= 11 is 6.12. The molecule has 2 atom stereocenters. The number of nitrogens with one attached hydrogen (secondary N) is 2. The van der Waals surface area contributed by atoms with Crippen LogP contribution in [-0.2, 0) is 19.9 Å². The zero-order chi connectivity index (χ0) is 29.4. The summed E-state index contributed by atoms with van der Waals surface area (Å²) in [5.41, 5.74) is 8.23. The molecule has 216 valence electrons. The summed E-state index contributed by atoms with van der Waals surface area (Å²) < 4.78 is 21.2. The first-order valence-electron chi connectivity index (χ1n) is 13.8. The number of hydrogen-bond donors (Lipinski definition) is 3. The summed E-state index contributed by atoms with van der Waals surface area (Å²) in [6.45, 7) is 0.382. The molecule has 3 aromatic rings. The molecular formula is C31H29ClFN5O4. The molecule has 1 aromatic heterocycles. The number of carbonyl (C=O) groups is 3. The molecule has 11 heteroatoms. The van der Waals surface area contributed by atoms with E-state index in [-0.39, 0.29) is 41.1 Å². The van der Waals surface area contributed by atoms with Crippen molar-refractivity contribution >= 4 is 46.6 Å². The van der Waals surface area contributed by atoms with Gasteiger partial charge in [-0.15, -0.1) is 0 Å². The van der Waals surface area contributed by atoms with Crippen LogP contribution in [0.15, 0.2) is 60.8 Å². The van der Waals surface area contributed by atoms with Gasteiger partial charge in [-0.1, -0.05) is 29.8 Å². The van der Waals surface area contributed by atoms with Gasteiger partial charge in [-0.3, -0.25) is 19.9 Å². The number of carbonyl (C=O) groups excluding carboxylic acids is 3. The van der Waals surface area contributed by atoms with Gasteiger partial charge in [0.15, 0.2) is 11.4 Å². The number of amides is 3. The quantitative estimate of drug-likeness (QED) is 0.237. The van der Waals surface area contributed by atoms with Crippen molar-refractivity contribution in [1.29, 1.82) is 0 Å². The standard InChI is InChI=1S/C31H29ClFN5O4/c32-22-9-10-23-27(28(22)33)31(42-30(41)37-23)12-4-14-38(17-31)29(40)21-5-2-1-3-6-26(39)36-25-16-19(34)7-8-20(25)18-11-13-35-24(21)15-18/h1-2,7-11,13,15-16,21H,3-6,12,14,17,34H2,(H,36,39)(H,37,41)/b2-1-/t21-,31-/m0/s1. The third-order valence-corrected chi connectivity index (χ3v) is 8.28. The number of piperidine rings is 1. The second-order valence-corrected chi connectivity index (χ2v) is 11.2. The van der Waals surface area contributed by atoms with E-state index < -0.39 is 23.4 Å². The van der Waals surface area contributed by atoms with Crippen LogP contribution in [0.1, 0.15) is 49.3 Å². The van der Waals surface area contributed by atoms with Gasteiger partial charge in [0.2, 0.25) is 11.8 Å². The number of rotatable bonds is 1. The molecule has 0 aliphatic carbocycles. The molecule has 0 radical (unpaired) electrons. The number of likely N-dealkylation sites (tertiary alicyclic amines) is 1. The van der Waals surface area contributed by atoms with Gasteiger partial charge in [0.05, 0.1) is 40.1 Å². The number of benzene rings is 2. The van der Waals surface area contributed by atoms with Crippen LogP contribution in [0.3, 0.4) is 0 Å². The number of hydrogen-bond acceptors (Lipinski definition) is 6. The summed E-state index contributed by atoms with van der Waals surface area (Å²) in [5, 5.41) is 5.41. The smallest absolute Gasteiger partial charge is 0.412 e. The number of nitrogens with zero attached hydrogens (tertiary/aromatic N) is 2. The van der Waals surface area contributed by atoms with Gasteiger partial charge in [0.25, 0.3) is 0 Å². The van der Waals surface area contributed by atoms with Crippen LogP contribution in [0.2, 0.25) is 5.02 Å². The van der Waals surface area contributed by atoms with Crippen LogP contribution in [0.4, 0.5) is 26.2 Å². The van der Waals surface area contributed by atoms with E-state index in [2.05, 4.69) is 15.6 Å². The van der Waals surface area contributed by atoms with Gasteiger partial charge in [0.1, 0.15) is 0 Å². The predicted molar refractivity (Wildman–Crippen MR) is 157 cm³/mol. The van der Waals surface area contributed by atoms with Crippen molar-refractivity contribution in [2.24, 2.45) is 0 Å². The Hall–Kier alpha value is -4.44. The van der Waals surface area contributed by atoms with E-state index in [9.17, 15) is 14.4 Å². The molecule has 42 heavy (non-hydrogen) atoms. The Kier molecular flexibility index (Phi) is 7.32. The van der Waals surface area contributed by atoms with Crippen molar-refractivity contribution < 1.29 is 23.5 Å². The van der Waals surface area contributed by atoms with E-state index in [4.69, 9.17) is 22.1 Å². The largest absolute Gasteiger partial charge is 0.436 e. The average molecular weight is 590 g/mol. The average Bonchev–Trinajstić information content (AvgIpc) is 2.97. The number of nitrogen functional groups attached to an aromatic ring is 1. The monoisotopic (exact) mass is 589 g/mol. The lowest BCUT2D eigenvalue weighted by Crippen LogP contribution is -2.54. The maximum atomic E-state index is 15.4. The van der Waals surface area contributed by atoms with Crippen LogP contribution >= 0.6 is 11.6 Å². The van der Waals surface area contributed by atoms with Crippen molar-refractivity contribution in [3.8, 4) is 11.1 Å². The van der Waals surface area contributed by atoms with Gasteiger partial charge in [-0.25, -0.2) is 9.18 Å². The fraction of sp³-hybridized carbons (Fsp3) is 0.290. The number of fused-ring (bicyclic) bond motifs is 6. The zero-order valence-corrected chi connectivity index (χ0v) is 23.4. The van der Waals surface area contributed by atoms with Gasteiger partial charge in [-0.2, -0.15) is 0 Å². The number of halogens is 2. The van der Waals surface area contributed by atoms with Crippen molar-refractivity contribution in [1.82, 2.24) is 9.88 Å². The lowest BCUT2D eigenvalue weighted by Gasteiger charge is -2.45. The third-order valence-electron chi connectivity index (χ3n) is 7.98. The molecule has 1 saturated heterocycles. The summed E-state index contributed by atoms with van der Waals surface area (Å²) in [6.07, 6.45) is 6.61. The predicted octanol–water partition coefficient (Wildman–Crippen LogP) is 5.97. The van der Waals surface area contributed by atoms with Crippen molar-refractivity contribution in [2.45, 2.75) is 43.6 Å². The molecule has 3 aliphatic rings. The Morgan fingerprint density at radius 3 is 2.83 bits per heavy atom. The minimum atomic E-state index is -1.38. The van der Waals surface area contributed by atoms with Gasteiger partial charge < -0.3 is 20.7 Å². The highest BCUT2D eigenvalue weighted by atomic mass is 35.5. The number of ether oxygens (including phenoxy) is 1. The first kappa shape index (κ1) is 27.7. The number of nitrogens with two attached hydrogens (primary N) is 1. The minimum Gasteiger partial charge on any atom is -0.436 e. The Balaban J connectivity index is 1.38. The number of allylic oxidation sites excluding steroid dienone is 2. The lowest BCUT2D eigenvalue weighted by molar-refractivity contribution is -0.141. The molecule has 1 fully saturated rings. The Morgan fingerprint density at radius 2 is 1.98 bits per heavy atom. The van der Waals surface area contributed by atoms with E-state index in [1.807, 2.05) is 30.4 Å². The van der Waals surface area contributed by atoms with Crippen molar-refractivity contribution in [2.75, 3.05) is 29.5 Å². The summed E-state index contributed by atoms with van der Waals surface area (Å²) in [7, 11) is 0. The Morgan fingerprint density at radius 1 is 1.12 bits per heavy atom. The topological polar surface area (TPSA) is 127 Å². The highest BCUT2D eigenvalue weighted by Crippen LogP contribution is 2.46. The molecule has 0 saturated carbocycles. The molecule has 1 spiro atoms. The molecule has 6 rings (SSSR count). The first-order chi connectivity index (χ1) is 20.2. The molecule has 2 aromatic carbocycles. The van der Waals surface area contributed by atoms with E-state index in [0.29, 0.717) is 49.3 Å². The van der Waals surface area contributed by atoms with E-state index in [0.717, 1.165) is 11.1 Å². The molecule has 3 amide bonds. The number of anilines is 3. The number of pyridine rings is 1. The van der Waals surface area contributed by atoms with Crippen LogP contribution in [0.25, 0.3) is 11.1 Å². The SMILES string of the molecule is Nc1ccc2c(c1)NC(=O)CC/C=C\C[C@H](C(=O)N1CCC[C@@]3(C1)OC(=O)Nc1ccc(Cl)c(F)c13)c1cc-2ccn1. The zero-order valence-electron chi connectivity index (χ0n) is 22.7. The molecule has 2 bridgehead atoms. The first-order valence-corrected chi connectivity index (χ1v) is 14.2. The second kappa shape index (κ2) is 11.1. The van der Waals surface area contributed by atoms with Gasteiger partial charge >= 0.3 is 6.09 Å². The molecule has 0 unspecified atom stereocenters. The van der Waals surface area contributed by atoms with E-state index in [1.165, 1.54) is 6.07 Å². The summed E-state index contributed by atoms with van der Waals surface area (Å²) in [4.78, 5) is 45.6. The molecule has 3 aliphatic heterocycles. The van der Waals surface area contributed by atoms with Crippen LogP contribution in [0, 0.1) is 5.82 Å². The summed E-state index contributed by atoms with van der Waals surface area (Å²) in [6, 6.07) is 11.9. The maximum absolute atomic E-state index is 15.4. The minimum absolute atomic E-state index is 0.0239. The normalized spacial score (nSPS) is 22.7. The van der Waals surface area contributed by atoms with Crippen molar-refractivity contribution in [3.05, 3.63) is 82.9 Å². The Labute approximate surface area is 246 Å². The maximum Gasteiger partial charge on any atom is 0.412 e. The molecule has 9 nitrogen and oxygen atoms in total. The van der Waals surface area contributed by atoms with E-state index in [1.54, 1.807) is 29.3 Å². The van der Waals surface area contributed by atoms with Crippen LogP contribution < -0.4 is 16.4 Å². The highest BCUT2D eigenvalue weighted by molar-refractivity contribution is 6.31. The fourth-order valence-corrected chi connectivity index (χ4v) is 6.19.